The third kappa shape index (κ3) is 7.66. The summed E-state index contributed by atoms with van der Waals surface area (Å²) in [6, 6.07) is 29.6. The maximum Gasteiger partial charge on any atom is 0.317 e. The minimum atomic E-state index is -3.56. The minimum absolute atomic E-state index is 0.0228. The van der Waals surface area contributed by atoms with Crippen LogP contribution in [0.5, 0.6) is 0 Å². The van der Waals surface area contributed by atoms with E-state index in [0.29, 0.717) is 23.3 Å². The Morgan fingerprint density at radius 2 is 1.47 bits per heavy atom. The SMILES string of the molecule is CCCN(C(=O)NCc1ccccc1)C1CCN(C[C@H]2CC(N(C)S(=O)(=O)c3ccccc3)C[C@@H]2c2ccccc2)CC1. The Hall–Kier alpha value is -3.20. The Morgan fingerprint density at radius 1 is 0.860 bits per heavy atom. The van der Waals surface area contributed by atoms with Gasteiger partial charge in [-0.05, 0) is 67.2 Å². The number of likely N-dealkylation sites (tertiary alicyclic amines) is 1. The number of urea groups is 1. The second-order valence-corrected chi connectivity index (χ2v) is 14.1. The quantitative estimate of drug-likeness (QED) is 0.294. The van der Waals surface area contributed by atoms with E-state index < -0.39 is 10.0 Å². The summed E-state index contributed by atoms with van der Waals surface area (Å²) < 4.78 is 28.6. The minimum Gasteiger partial charge on any atom is -0.334 e. The first kappa shape index (κ1) is 31.2. The van der Waals surface area contributed by atoms with Gasteiger partial charge >= 0.3 is 6.03 Å². The molecule has 1 saturated carbocycles. The molecule has 1 N–H and O–H groups in total. The Kier molecular flexibility index (Phi) is 10.5. The summed E-state index contributed by atoms with van der Waals surface area (Å²) in [4.78, 5) is 18.1. The van der Waals surface area contributed by atoms with Gasteiger partial charge in [0.15, 0.2) is 0 Å². The number of rotatable bonds is 11. The molecule has 7 nitrogen and oxygen atoms in total. The highest BCUT2D eigenvalue weighted by molar-refractivity contribution is 7.89. The number of nitrogens with zero attached hydrogens (tertiary/aromatic N) is 3. The second-order valence-electron chi connectivity index (χ2n) is 12.1. The average Bonchev–Trinajstić information content (AvgIpc) is 3.47. The number of sulfonamides is 1. The monoisotopic (exact) mass is 602 g/mol. The zero-order valence-corrected chi connectivity index (χ0v) is 26.3. The van der Waals surface area contributed by atoms with Gasteiger partial charge in [-0.1, -0.05) is 85.8 Å². The van der Waals surface area contributed by atoms with Crippen molar-refractivity contribution in [3.63, 3.8) is 0 Å². The first-order chi connectivity index (χ1) is 20.9. The first-order valence-corrected chi connectivity index (χ1v) is 17.2. The predicted molar refractivity (Wildman–Crippen MR) is 172 cm³/mol. The van der Waals surface area contributed by atoms with Crippen molar-refractivity contribution in [3.05, 3.63) is 102 Å². The fourth-order valence-corrected chi connectivity index (χ4v) is 8.37. The fraction of sp³-hybridized carbons (Fsp3) is 0.457. The van der Waals surface area contributed by atoms with Crippen LogP contribution < -0.4 is 5.32 Å². The maximum absolute atomic E-state index is 13.5. The van der Waals surface area contributed by atoms with Gasteiger partial charge in [0.05, 0.1) is 4.90 Å². The van der Waals surface area contributed by atoms with E-state index in [1.807, 2.05) is 47.4 Å². The summed E-state index contributed by atoms with van der Waals surface area (Å²) in [5, 5.41) is 3.13. The molecule has 43 heavy (non-hydrogen) atoms. The largest absolute Gasteiger partial charge is 0.334 e. The van der Waals surface area contributed by atoms with Crippen LogP contribution in [0.2, 0.25) is 0 Å². The van der Waals surface area contributed by atoms with Crippen molar-refractivity contribution in [2.75, 3.05) is 33.2 Å². The molecule has 0 aromatic heterocycles. The molecule has 3 aromatic rings. The van der Waals surface area contributed by atoms with E-state index in [1.165, 1.54) is 5.56 Å². The Labute approximate surface area is 257 Å². The van der Waals surface area contributed by atoms with Gasteiger partial charge in [-0.25, -0.2) is 13.2 Å². The van der Waals surface area contributed by atoms with Crippen LogP contribution in [-0.2, 0) is 16.6 Å². The molecule has 230 valence electrons. The normalized spacial score (nSPS) is 21.6. The number of carbonyl (C=O) groups is 1. The molecule has 0 radical (unpaired) electrons. The molecule has 3 aromatic carbocycles. The number of nitrogens with one attached hydrogen (secondary N) is 1. The van der Waals surface area contributed by atoms with Crippen molar-refractivity contribution in [1.82, 2.24) is 19.4 Å². The van der Waals surface area contributed by atoms with E-state index in [1.54, 1.807) is 35.6 Å². The molecule has 1 aliphatic heterocycles. The van der Waals surface area contributed by atoms with E-state index in [0.717, 1.165) is 63.8 Å². The van der Waals surface area contributed by atoms with Gasteiger partial charge in [-0.2, -0.15) is 4.31 Å². The Morgan fingerprint density at radius 3 is 2.09 bits per heavy atom. The first-order valence-electron chi connectivity index (χ1n) is 15.8. The van der Waals surface area contributed by atoms with Gasteiger partial charge in [0, 0.05) is 51.9 Å². The molecule has 2 amide bonds. The molecule has 1 heterocycles. The molecule has 2 aliphatic rings. The molecular weight excluding hydrogens is 556 g/mol. The molecule has 1 unspecified atom stereocenters. The van der Waals surface area contributed by atoms with Crippen molar-refractivity contribution < 1.29 is 13.2 Å². The Bertz CT molecular complexity index is 1400. The van der Waals surface area contributed by atoms with E-state index in [4.69, 9.17) is 0 Å². The molecule has 2 fully saturated rings. The maximum atomic E-state index is 13.5. The summed E-state index contributed by atoms with van der Waals surface area (Å²) in [7, 11) is -1.82. The standard InChI is InChI=1S/C35H46N4O3S/c1-3-21-39(35(40)36-26-28-13-7-4-8-14-28)31-19-22-38(23-20-31)27-30-24-32(25-34(30)29-15-9-5-10-16-29)37(2)43(41,42)33-17-11-6-12-18-33/h4-18,30-32,34H,3,19-27H2,1-2H3,(H,36,40)/t30-,32?,34-/m1/s1. The van der Waals surface area contributed by atoms with Crippen LogP contribution in [0.3, 0.4) is 0 Å². The molecule has 0 spiro atoms. The van der Waals surface area contributed by atoms with Crippen molar-refractivity contribution in [2.45, 2.75) is 68.5 Å². The third-order valence-corrected chi connectivity index (χ3v) is 11.3. The summed E-state index contributed by atoms with van der Waals surface area (Å²) in [6.07, 6.45) is 4.49. The number of carbonyl (C=O) groups excluding carboxylic acids is 1. The highest BCUT2D eigenvalue weighted by atomic mass is 32.2. The fourth-order valence-electron chi connectivity index (χ4n) is 6.97. The summed E-state index contributed by atoms with van der Waals surface area (Å²) in [6.45, 7) is 6.25. The van der Waals surface area contributed by atoms with Crippen LogP contribution in [0.15, 0.2) is 95.9 Å². The Balaban J connectivity index is 1.22. The highest BCUT2D eigenvalue weighted by Crippen LogP contribution is 2.43. The van der Waals surface area contributed by atoms with Gasteiger partial charge in [0.2, 0.25) is 10.0 Å². The number of amides is 2. The van der Waals surface area contributed by atoms with Gasteiger partial charge in [-0.3, -0.25) is 0 Å². The lowest BCUT2D eigenvalue weighted by Crippen LogP contribution is -2.51. The van der Waals surface area contributed by atoms with Crippen molar-refractivity contribution in [2.24, 2.45) is 5.92 Å². The van der Waals surface area contributed by atoms with Crippen LogP contribution in [0, 0.1) is 5.92 Å². The molecule has 1 saturated heterocycles. The van der Waals surface area contributed by atoms with E-state index in [2.05, 4.69) is 41.4 Å². The van der Waals surface area contributed by atoms with Crippen molar-refractivity contribution in [3.8, 4) is 0 Å². The summed E-state index contributed by atoms with van der Waals surface area (Å²) >= 11 is 0. The number of benzene rings is 3. The lowest BCUT2D eigenvalue weighted by atomic mass is 9.88. The number of hydrogen-bond acceptors (Lipinski definition) is 4. The zero-order chi connectivity index (χ0) is 30.2. The van der Waals surface area contributed by atoms with Crippen LogP contribution in [0.1, 0.15) is 56.1 Å². The number of hydrogen-bond donors (Lipinski definition) is 1. The molecular formula is C35H46N4O3S. The summed E-state index contributed by atoms with van der Waals surface area (Å²) in [5.41, 5.74) is 2.40. The molecule has 3 atom stereocenters. The smallest absolute Gasteiger partial charge is 0.317 e. The lowest BCUT2D eigenvalue weighted by Gasteiger charge is -2.39. The van der Waals surface area contributed by atoms with Crippen LogP contribution >= 0.6 is 0 Å². The van der Waals surface area contributed by atoms with E-state index >= 15 is 0 Å². The van der Waals surface area contributed by atoms with E-state index in [-0.39, 0.29) is 18.1 Å². The lowest BCUT2D eigenvalue weighted by molar-refractivity contribution is 0.109. The molecule has 5 rings (SSSR count). The van der Waals surface area contributed by atoms with Crippen LogP contribution in [-0.4, -0.2) is 73.9 Å². The third-order valence-electron chi connectivity index (χ3n) is 9.33. The van der Waals surface area contributed by atoms with Gasteiger partial charge in [-0.15, -0.1) is 0 Å². The summed E-state index contributed by atoms with van der Waals surface area (Å²) in [5.74, 6) is 0.663. The van der Waals surface area contributed by atoms with Gasteiger partial charge in [0.1, 0.15) is 0 Å². The average molecular weight is 603 g/mol. The van der Waals surface area contributed by atoms with Crippen molar-refractivity contribution >= 4 is 16.1 Å². The zero-order valence-electron chi connectivity index (χ0n) is 25.5. The van der Waals surface area contributed by atoms with Crippen LogP contribution in [0.25, 0.3) is 0 Å². The van der Waals surface area contributed by atoms with E-state index in [9.17, 15) is 13.2 Å². The molecule has 8 heteroatoms. The number of piperidine rings is 1. The topological polar surface area (TPSA) is 73.0 Å². The van der Waals surface area contributed by atoms with Gasteiger partial charge in [0.25, 0.3) is 0 Å². The van der Waals surface area contributed by atoms with Gasteiger partial charge < -0.3 is 15.1 Å². The second kappa shape index (κ2) is 14.5. The molecule has 1 aliphatic carbocycles. The van der Waals surface area contributed by atoms with Crippen molar-refractivity contribution in [1.29, 1.82) is 0 Å². The molecule has 0 bridgehead atoms. The van der Waals surface area contributed by atoms with Crippen LogP contribution in [0.4, 0.5) is 4.79 Å². The predicted octanol–water partition coefficient (Wildman–Crippen LogP) is 5.96. The highest BCUT2D eigenvalue weighted by Gasteiger charge is 2.41.